The Labute approximate surface area is 186 Å². The van der Waals surface area contributed by atoms with Crippen molar-refractivity contribution in [1.29, 1.82) is 0 Å². The molecule has 168 valence electrons. The van der Waals surface area contributed by atoms with E-state index < -0.39 is 0 Å². The predicted molar refractivity (Wildman–Crippen MR) is 117 cm³/mol. The number of hydrogen-bond donors (Lipinski definition) is 1. The second-order valence-electron chi connectivity index (χ2n) is 7.39. The van der Waals surface area contributed by atoms with Gasteiger partial charge >= 0.3 is 0 Å². The van der Waals surface area contributed by atoms with Gasteiger partial charge in [0.25, 0.3) is 5.91 Å². The van der Waals surface area contributed by atoms with Gasteiger partial charge in [0.05, 0.1) is 25.9 Å². The molecule has 32 heavy (non-hydrogen) atoms. The van der Waals surface area contributed by atoms with E-state index in [9.17, 15) is 4.79 Å². The molecule has 8 nitrogen and oxygen atoms in total. The van der Waals surface area contributed by atoms with Crippen LogP contribution >= 0.6 is 0 Å². The number of ether oxygens (including phenoxy) is 4. The lowest BCUT2D eigenvalue weighted by molar-refractivity contribution is 0.0669. The van der Waals surface area contributed by atoms with Crippen molar-refractivity contribution in [3.8, 4) is 28.6 Å². The van der Waals surface area contributed by atoms with Crippen LogP contribution < -0.4 is 19.5 Å². The molecule has 1 fully saturated rings. The van der Waals surface area contributed by atoms with Crippen molar-refractivity contribution in [3.63, 3.8) is 0 Å². The summed E-state index contributed by atoms with van der Waals surface area (Å²) in [6.45, 7) is 1.58. The number of nitrogens with zero attached hydrogens (tertiary/aromatic N) is 1. The van der Waals surface area contributed by atoms with Gasteiger partial charge in [0.1, 0.15) is 12.4 Å². The first-order valence-corrected chi connectivity index (χ1v) is 10.5. The molecule has 1 N–H and O–H groups in total. The highest BCUT2D eigenvalue weighted by atomic mass is 16.5. The first-order valence-electron chi connectivity index (χ1n) is 10.5. The van der Waals surface area contributed by atoms with Gasteiger partial charge in [-0.15, -0.1) is 0 Å². The maximum atomic E-state index is 12.6. The SMILES string of the molecule is COc1cc(CNC(=O)c2cc(-c3ccccc3OC)on2)ccc1OCC1CCCO1. The van der Waals surface area contributed by atoms with Crippen LogP contribution in [0.2, 0.25) is 0 Å². The van der Waals surface area contributed by atoms with Crippen LogP contribution in [0.1, 0.15) is 28.9 Å². The predicted octanol–water partition coefficient (Wildman–Crippen LogP) is 3.85. The second-order valence-corrected chi connectivity index (χ2v) is 7.39. The van der Waals surface area contributed by atoms with Crippen LogP contribution in [0.25, 0.3) is 11.3 Å². The number of benzene rings is 2. The minimum Gasteiger partial charge on any atom is -0.496 e. The fourth-order valence-electron chi connectivity index (χ4n) is 3.53. The van der Waals surface area contributed by atoms with Crippen LogP contribution in [-0.4, -0.2) is 44.6 Å². The number of para-hydroxylation sites is 1. The number of carbonyl (C=O) groups is 1. The van der Waals surface area contributed by atoms with Gasteiger partial charge in [-0.25, -0.2) is 0 Å². The summed E-state index contributed by atoms with van der Waals surface area (Å²) < 4.78 is 27.6. The van der Waals surface area contributed by atoms with Crippen molar-refractivity contribution < 1.29 is 28.3 Å². The lowest BCUT2D eigenvalue weighted by Crippen LogP contribution is -2.23. The number of rotatable bonds is 9. The van der Waals surface area contributed by atoms with Crippen LogP contribution in [-0.2, 0) is 11.3 Å². The third-order valence-electron chi connectivity index (χ3n) is 5.25. The maximum Gasteiger partial charge on any atom is 0.273 e. The van der Waals surface area contributed by atoms with Crippen molar-refractivity contribution in [3.05, 3.63) is 59.8 Å². The zero-order chi connectivity index (χ0) is 22.3. The third kappa shape index (κ3) is 5.03. The summed E-state index contributed by atoms with van der Waals surface area (Å²) in [7, 11) is 3.17. The fourth-order valence-corrected chi connectivity index (χ4v) is 3.53. The van der Waals surface area contributed by atoms with Crippen molar-refractivity contribution in [1.82, 2.24) is 10.5 Å². The van der Waals surface area contributed by atoms with Crippen molar-refractivity contribution in [2.75, 3.05) is 27.4 Å². The first-order chi connectivity index (χ1) is 15.7. The normalized spacial score (nSPS) is 15.4. The Balaban J connectivity index is 1.37. The molecule has 0 aliphatic carbocycles. The van der Waals surface area contributed by atoms with Gasteiger partial charge in [0.2, 0.25) is 0 Å². The molecule has 0 bridgehead atoms. The van der Waals surface area contributed by atoms with Crippen LogP contribution in [0.5, 0.6) is 17.2 Å². The zero-order valence-electron chi connectivity index (χ0n) is 18.1. The van der Waals surface area contributed by atoms with Crippen LogP contribution in [0.15, 0.2) is 53.1 Å². The third-order valence-corrected chi connectivity index (χ3v) is 5.25. The summed E-state index contributed by atoms with van der Waals surface area (Å²) in [6.07, 6.45) is 2.20. The number of aromatic nitrogens is 1. The molecule has 1 aliphatic heterocycles. The summed E-state index contributed by atoms with van der Waals surface area (Å²) >= 11 is 0. The molecule has 3 aromatic rings. The molecule has 1 saturated heterocycles. The zero-order valence-corrected chi connectivity index (χ0v) is 18.1. The average Bonchev–Trinajstić information content (AvgIpc) is 3.54. The molecule has 8 heteroatoms. The van der Waals surface area contributed by atoms with Crippen molar-refractivity contribution in [2.24, 2.45) is 0 Å². The quantitative estimate of drug-likeness (QED) is 0.543. The standard InChI is InChI=1S/C24H26N2O6/c1-28-20-8-4-3-7-18(20)22-13-19(26-32-22)24(27)25-14-16-9-10-21(23(12-16)29-2)31-15-17-6-5-11-30-17/h3-4,7-10,12-13,17H,5-6,11,14-15H2,1-2H3,(H,25,27). The molecule has 1 atom stereocenters. The number of hydrogen-bond acceptors (Lipinski definition) is 7. The molecule has 1 aliphatic rings. The number of nitrogens with one attached hydrogen (secondary N) is 1. The van der Waals surface area contributed by atoms with Gasteiger partial charge in [-0.05, 0) is 42.7 Å². The van der Waals surface area contributed by atoms with Gasteiger partial charge in [0, 0.05) is 19.2 Å². The molecular weight excluding hydrogens is 412 g/mol. The summed E-state index contributed by atoms with van der Waals surface area (Å²) in [5, 5.41) is 6.74. The molecule has 2 aromatic carbocycles. The largest absolute Gasteiger partial charge is 0.496 e. The van der Waals surface area contributed by atoms with Crippen LogP contribution in [0.4, 0.5) is 0 Å². The smallest absolute Gasteiger partial charge is 0.273 e. The highest BCUT2D eigenvalue weighted by Crippen LogP contribution is 2.30. The summed E-state index contributed by atoms with van der Waals surface area (Å²) in [5.74, 6) is 2.02. The summed E-state index contributed by atoms with van der Waals surface area (Å²) in [5.41, 5.74) is 1.78. The highest BCUT2D eigenvalue weighted by Gasteiger charge is 2.18. The molecule has 0 spiro atoms. The Morgan fingerprint density at radius 2 is 1.94 bits per heavy atom. The Bertz CT molecular complexity index is 1060. The van der Waals surface area contributed by atoms with Crippen molar-refractivity contribution >= 4 is 5.91 Å². The van der Waals surface area contributed by atoms with E-state index in [2.05, 4.69) is 10.5 Å². The Morgan fingerprint density at radius 1 is 1.09 bits per heavy atom. The molecule has 0 saturated carbocycles. The Hall–Kier alpha value is -3.52. The Kier molecular flexibility index (Phi) is 6.91. The van der Waals surface area contributed by atoms with E-state index in [4.69, 9.17) is 23.5 Å². The van der Waals surface area contributed by atoms with E-state index >= 15 is 0 Å². The van der Waals surface area contributed by atoms with Crippen molar-refractivity contribution in [2.45, 2.75) is 25.5 Å². The van der Waals surface area contributed by atoms with Crippen LogP contribution in [0, 0.1) is 0 Å². The molecule has 1 aromatic heterocycles. The Morgan fingerprint density at radius 3 is 2.72 bits per heavy atom. The van der Waals surface area contributed by atoms with Gasteiger partial charge in [0.15, 0.2) is 23.0 Å². The van der Waals surface area contributed by atoms with E-state index in [1.165, 1.54) is 0 Å². The topological polar surface area (TPSA) is 92.1 Å². The lowest BCUT2D eigenvalue weighted by atomic mass is 10.1. The van der Waals surface area contributed by atoms with Gasteiger partial charge < -0.3 is 28.8 Å². The molecule has 0 radical (unpaired) electrons. The van der Waals surface area contributed by atoms with Crippen LogP contribution in [0.3, 0.4) is 0 Å². The molecule has 1 unspecified atom stereocenters. The van der Waals surface area contributed by atoms with Gasteiger partial charge in [-0.2, -0.15) is 0 Å². The molecule has 4 rings (SSSR count). The van der Waals surface area contributed by atoms with E-state index in [0.29, 0.717) is 36.2 Å². The monoisotopic (exact) mass is 438 g/mol. The summed E-state index contributed by atoms with van der Waals surface area (Å²) in [6, 6.07) is 14.5. The van der Waals surface area contributed by atoms with E-state index in [1.54, 1.807) is 20.3 Å². The minimum absolute atomic E-state index is 0.127. The first kappa shape index (κ1) is 21.7. The molecular formula is C24H26N2O6. The fraction of sp³-hybridized carbons (Fsp3) is 0.333. The molecule has 2 heterocycles. The lowest BCUT2D eigenvalue weighted by Gasteiger charge is -2.15. The minimum atomic E-state index is -0.340. The van der Waals surface area contributed by atoms with E-state index in [-0.39, 0.29) is 17.7 Å². The number of methoxy groups -OCH3 is 2. The van der Waals surface area contributed by atoms with Gasteiger partial charge in [-0.1, -0.05) is 23.4 Å². The number of amides is 1. The maximum absolute atomic E-state index is 12.6. The second kappa shape index (κ2) is 10.2. The average molecular weight is 438 g/mol. The van der Waals surface area contributed by atoms with E-state index in [0.717, 1.165) is 30.6 Å². The van der Waals surface area contributed by atoms with Gasteiger partial charge in [-0.3, -0.25) is 4.79 Å². The van der Waals surface area contributed by atoms with E-state index in [1.807, 2.05) is 42.5 Å². The summed E-state index contributed by atoms with van der Waals surface area (Å²) in [4.78, 5) is 12.6. The highest BCUT2D eigenvalue weighted by molar-refractivity contribution is 5.93. The molecule has 1 amide bonds. The number of carbonyl (C=O) groups excluding carboxylic acids is 1.